The molecule has 5 amide bonds. The first kappa shape index (κ1) is 26.2. The van der Waals surface area contributed by atoms with Crippen molar-refractivity contribution in [1.82, 2.24) is 26.0 Å². The standard InChI is InChI=1S/C32H31N5O4/c1-21-7-12-28-25(13-21)15-24(16-26(28)14-22-8-10-27(38)11-9-22)17-32-20-34-29(39)19-36(32)31(41)35-37(32)30(40)33-18-23-5-3-2-4-6-23/h2-13,15-16,38H,14,17-20H2,1H3,(H,33,40)(H,34,39)(H,35,41). The third-order valence-electron chi connectivity index (χ3n) is 7.80. The summed E-state index contributed by atoms with van der Waals surface area (Å²) in [6.45, 7) is 2.27. The number of aryl methyl sites for hydroxylation is 1. The highest BCUT2D eigenvalue weighted by atomic mass is 16.3. The van der Waals surface area contributed by atoms with Crippen molar-refractivity contribution in [2.45, 2.75) is 32.0 Å². The van der Waals surface area contributed by atoms with Gasteiger partial charge in [-0.05, 0) is 58.5 Å². The first-order chi connectivity index (χ1) is 19.8. The zero-order chi connectivity index (χ0) is 28.6. The summed E-state index contributed by atoms with van der Waals surface area (Å²) in [5, 5.41) is 19.0. The summed E-state index contributed by atoms with van der Waals surface area (Å²) in [6, 6.07) is 26.3. The molecule has 2 aliphatic heterocycles. The normalized spacial score (nSPS) is 18.2. The van der Waals surface area contributed by atoms with E-state index in [1.54, 1.807) is 12.1 Å². The number of nitrogens with one attached hydrogen (secondary N) is 3. The summed E-state index contributed by atoms with van der Waals surface area (Å²) in [6.07, 6.45) is 0.941. The maximum absolute atomic E-state index is 13.5. The number of benzene rings is 4. The SMILES string of the molecule is Cc1ccc2c(Cc3ccc(O)cc3)cc(CC34CNC(=O)CN3C(=O)NN4C(=O)NCc3ccccc3)cc2c1. The van der Waals surface area contributed by atoms with Crippen molar-refractivity contribution in [1.29, 1.82) is 0 Å². The van der Waals surface area contributed by atoms with Crippen LogP contribution in [0, 0.1) is 6.92 Å². The van der Waals surface area contributed by atoms with Gasteiger partial charge in [0, 0.05) is 13.0 Å². The second-order valence-electron chi connectivity index (χ2n) is 10.7. The topological polar surface area (TPSA) is 114 Å². The lowest BCUT2D eigenvalue weighted by atomic mass is 9.90. The smallest absolute Gasteiger partial charge is 0.338 e. The lowest BCUT2D eigenvalue weighted by Crippen LogP contribution is -2.69. The average Bonchev–Trinajstić information content (AvgIpc) is 3.24. The highest BCUT2D eigenvalue weighted by Gasteiger charge is 2.56. The van der Waals surface area contributed by atoms with Crippen molar-refractivity contribution in [2.75, 3.05) is 13.1 Å². The first-order valence-electron chi connectivity index (χ1n) is 13.6. The van der Waals surface area contributed by atoms with Gasteiger partial charge in [0.1, 0.15) is 12.3 Å². The van der Waals surface area contributed by atoms with Crippen LogP contribution in [0.15, 0.2) is 84.9 Å². The molecule has 2 aliphatic rings. The molecule has 0 aromatic heterocycles. The lowest BCUT2D eigenvalue weighted by molar-refractivity contribution is -0.128. The minimum absolute atomic E-state index is 0.0858. The molecule has 0 aliphatic carbocycles. The number of aromatic hydroxyl groups is 1. The van der Waals surface area contributed by atoms with E-state index in [1.807, 2.05) is 49.4 Å². The quantitative estimate of drug-likeness (QED) is 0.292. The number of hydrogen-bond acceptors (Lipinski definition) is 4. The van der Waals surface area contributed by atoms with E-state index < -0.39 is 17.7 Å². The van der Waals surface area contributed by atoms with Gasteiger partial charge >= 0.3 is 12.1 Å². The van der Waals surface area contributed by atoms with Crippen molar-refractivity contribution in [3.63, 3.8) is 0 Å². The summed E-state index contributed by atoms with van der Waals surface area (Å²) >= 11 is 0. The molecule has 0 radical (unpaired) electrons. The summed E-state index contributed by atoms with van der Waals surface area (Å²) in [4.78, 5) is 40.5. The van der Waals surface area contributed by atoms with Crippen LogP contribution in [0.25, 0.3) is 10.8 Å². The van der Waals surface area contributed by atoms with Gasteiger partial charge < -0.3 is 15.7 Å². The van der Waals surface area contributed by atoms with E-state index in [2.05, 4.69) is 46.4 Å². The highest BCUT2D eigenvalue weighted by Crippen LogP contribution is 2.34. The van der Waals surface area contributed by atoms with Crippen molar-refractivity contribution < 1.29 is 19.5 Å². The Morgan fingerprint density at radius 3 is 2.51 bits per heavy atom. The molecule has 2 saturated heterocycles. The number of hydrogen-bond donors (Lipinski definition) is 4. The Morgan fingerprint density at radius 1 is 0.951 bits per heavy atom. The number of fused-ring (bicyclic) bond motifs is 2. The predicted octanol–water partition coefficient (Wildman–Crippen LogP) is 3.97. The Balaban J connectivity index is 1.37. The third-order valence-corrected chi connectivity index (χ3v) is 7.80. The molecule has 1 unspecified atom stereocenters. The van der Waals surface area contributed by atoms with E-state index in [0.29, 0.717) is 19.4 Å². The summed E-state index contributed by atoms with van der Waals surface area (Å²) in [5.74, 6) is -0.0602. The molecule has 6 rings (SSSR count). The largest absolute Gasteiger partial charge is 0.508 e. The molecule has 0 saturated carbocycles. The number of piperazine rings is 1. The van der Waals surface area contributed by atoms with Crippen molar-refractivity contribution >= 4 is 28.7 Å². The molecule has 1 atom stereocenters. The van der Waals surface area contributed by atoms with Gasteiger partial charge in [0.2, 0.25) is 5.91 Å². The fraction of sp³-hybridized carbons (Fsp3) is 0.219. The fourth-order valence-electron chi connectivity index (χ4n) is 5.78. The zero-order valence-corrected chi connectivity index (χ0v) is 22.7. The van der Waals surface area contributed by atoms with Gasteiger partial charge in [-0.15, -0.1) is 0 Å². The number of phenolic OH excluding ortho intramolecular Hbond substituents is 1. The first-order valence-corrected chi connectivity index (χ1v) is 13.6. The second kappa shape index (κ2) is 10.5. The molecular weight excluding hydrogens is 518 g/mol. The molecule has 4 aromatic rings. The molecular formula is C32H31N5O4. The van der Waals surface area contributed by atoms with Gasteiger partial charge in [0.15, 0.2) is 5.66 Å². The van der Waals surface area contributed by atoms with Crippen LogP contribution < -0.4 is 16.1 Å². The number of rotatable bonds is 6. The third kappa shape index (κ3) is 5.14. The van der Waals surface area contributed by atoms with Gasteiger partial charge in [-0.2, -0.15) is 0 Å². The molecule has 9 nitrogen and oxygen atoms in total. The van der Waals surface area contributed by atoms with Crippen LogP contribution in [0.3, 0.4) is 0 Å². The van der Waals surface area contributed by atoms with Gasteiger partial charge in [0.05, 0.1) is 6.54 Å². The van der Waals surface area contributed by atoms with E-state index in [-0.39, 0.29) is 24.7 Å². The van der Waals surface area contributed by atoms with Gasteiger partial charge in [-0.1, -0.05) is 78.4 Å². The molecule has 9 heteroatoms. The average molecular weight is 550 g/mol. The predicted molar refractivity (Wildman–Crippen MR) is 155 cm³/mol. The minimum atomic E-state index is -1.14. The molecule has 2 heterocycles. The van der Waals surface area contributed by atoms with Crippen LogP contribution >= 0.6 is 0 Å². The van der Waals surface area contributed by atoms with Gasteiger partial charge in [-0.25, -0.2) is 20.0 Å². The molecule has 0 spiro atoms. The number of amides is 5. The van der Waals surface area contributed by atoms with Crippen LogP contribution in [0.1, 0.15) is 27.8 Å². The van der Waals surface area contributed by atoms with Gasteiger partial charge in [0.25, 0.3) is 0 Å². The number of carbonyl (C=O) groups excluding carboxylic acids is 3. The van der Waals surface area contributed by atoms with E-state index in [0.717, 1.165) is 38.6 Å². The van der Waals surface area contributed by atoms with E-state index in [4.69, 9.17) is 0 Å². The molecule has 208 valence electrons. The molecule has 4 aromatic carbocycles. The minimum Gasteiger partial charge on any atom is -0.508 e. The van der Waals surface area contributed by atoms with Crippen molar-refractivity contribution in [3.8, 4) is 5.75 Å². The van der Waals surface area contributed by atoms with E-state index >= 15 is 0 Å². The van der Waals surface area contributed by atoms with Crippen LogP contribution in [-0.2, 0) is 24.2 Å². The fourth-order valence-corrected chi connectivity index (χ4v) is 5.78. The van der Waals surface area contributed by atoms with E-state index in [9.17, 15) is 19.5 Å². The van der Waals surface area contributed by atoms with Crippen LogP contribution in [-0.4, -0.2) is 51.7 Å². The Hall–Kier alpha value is -5.05. The van der Waals surface area contributed by atoms with Crippen LogP contribution in [0.2, 0.25) is 0 Å². The monoisotopic (exact) mass is 549 g/mol. The number of phenols is 1. The number of urea groups is 2. The maximum atomic E-state index is 13.5. The summed E-state index contributed by atoms with van der Waals surface area (Å²) in [7, 11) is 0. The van der Waals surface area contributed by atoms with Crippen LogP contribution in [0.5, 0.6) is 5.75 Å². The summed E-state index contributed by atoms with van der Waals surface area (Å²) in [5.41, 5.74) is 6.68. The molecule has 2 fully saturated rings. The Morgan fingerprint density at radius 2 is 1.73 bits per heavy atom. The number of carbonyl (C=O) groups is 3. The Labute approximate surface area is 237 Å². The highest BCUT2D eigenvalue weighted by molar-refractivity contribution is 5.91. The summed E-state index contributed by atoms with van der Waals surface area (Å²) < 4.78 is 0. The zero-order valence-electron chi connectivity index (χ0n) is 22.7. The number of nitrogens with zero attached hydrogens (tertiary/aromatic N) is 2. The Bertz CT molecular complexity index is 1640. The molecule has 4 N–H and O–H groups in total. The van der Waals surface area contributed by atoms with E-state index in [1.165, 1.54) is 9.91 Å². The van der Waals surface area contributed by atoms with Crippen molar-refractivity contribution in [3.05, 3.63) is 113 Å². The molecule has 0 bridgehead atoms. The Kier molecular flexibility index (Phi) is 6.70. The van der Waals surface area contributed by atoms with Gasteiger partial charge in [-0.3, -0.25) is 9.69 Å². The molecule has 41 heavy (non-hydrogen) atoms. The lowest BCUT2D eigenvalue weighted by Gasteiger charge is -2.44. The second-order valence-corrected chi connectivity index (χ2v) is 10.7. The number of hydrazine groups is 1. The van der Waals surface area contributed by atoms with Crippen molar-refractivity contribution in [2.24, 2.45) is 0 Å². The van der Waals surface area contributed by atoms with Crippen LogP contribution in [0.4, 0.5) is 9.59 Å². The maximum Gasteiger partial charge on any atom is 0.338 e.